The molecule has 0 fully saturated rings. The first-order valence-corrected chi connectivity index (χ1v) is 6.01. The molecule has 10 heteroatoms. The van der Waals surface area contributed by atoms with Crippen molar-refractivity contribution in [1.29, 1.82) is 0 Å². The lowest BCUT2D eigenvalue weighted by Crippen LogP contribution is -2.39. The number of carboxylic acid groups (broad SMARTS) is 1. The van der Waals surface area contributed by atoms with E-state index in [9.17, 15) is 24.5 Å². The number of nitrogens with zero attached hydrogens (tertiary/aromatic N) is 1. The van der Waals surface area contributed by atoms with Crippen LogP contribution in [0.1, 0.15) is 5.56 Å². The summed E-state index contributed by atoms with van der Waals surface area (Å²) in [5.74, 6) is -1.87. The van der Waals surface area contributed by atoms with E-state index in [2.05, 4.69) is 10.6 Å². The minimum absolute atomic E-state index is 0.0803. The molecule has 2 amide bonds. The summed E-state index contributed by atoms with van der Waals surface area (Å²) in [6, 6.07) is 5.42. The number of aliphatic carboxylic acids is 1. The molecule has 0 atom stereocenters. The largest absolute Gasteiger partial charge is 0.480 e. The molecule has 1 rings (SSSR count). The second-order valence-electron chi connectivity index (χ2n) is 4.02. The van der Waals surface area contributed by atoms with Crippen molar-refractivity contribution < 1.29 is 29.2 Å². The van der Waals surface area contributed by atoms with Gasteiger partial charge in [0.15, 0.2) is 0 Å². The van der Waals surface area contributed by atoms with Crippen molar-refractivity contribution in [3.63, 3.8) is 0 Å². The molecule has 3 N–H and O–H groups in total. The molecular formula is C12H13N3O7. The van der Waals surface area contributed by atoms with Crippen molar-refractivity contribution in [2.45, 2.75) is 6.61 Å². The summed E-state index contributed by atoms with van der Waals surface area (Å²) in [4.78, 5) is 42.5. The third kappa shape index (κ3) is 6.32. The number of nitro benzene ring substituents is 1. The Labute approximate surface area is 124 Å². The summed E-state index contributed by atoms with van der Waals surface area (Å²) in [5.41, 5.74) is 0.458. The van der Waals surface area contributed by atoms with Gasteiger partial charge in [0.2, 0.25) is 5.91 Å². The molecule has 0 heterocycles. The zero-order valence-electron chi connectivity index (χ0n) is 11.3. The summed E-state index contributed by atoms with van der Waals surface area (Å²) < 4.78 is 4.79. The Morgan fingerprint density at radius 2 is 1.77 bits per heavy atom. The number of carbonyl (C=O) groups is 3. The molecule has 0 unspecified atom stereocenters. The van der Waals surface area contributed by atoms with Crippen LogP contribution in [0.3, 0.4) is 0 Å². The van der Waals surface area contributed by atoms with E-state index in [1.807, 2.05) is 0 Å². The highest BCUT2D eigenvalue weighted by Gasteiger charge is 2.08. The first-order chi connectivity index (χ1) is 10.4. The lowest BCUT2D eigenvalue weighted by atomic mass is 10.2. The zero-order chi connectivity index (χ0) is 16.5. The maximum Gasteiger partial charge on any atom is 0.407 e. The average molecular weight is 311 g/mol. The summed E-state index contributed by atoms with van der Waals surface area (Å²) >= 11 is 0. The molecule has 0 saturated carbocycles. The van der Waals surface area contributed by atoms with Crippen molar-refractivity contribution in [2.24, 2.45) is 0 Å². The molecule has 22 heavy (non-hydrogen) atoms. The smallest absolute Gasteiger partial charge is 0.407 e. The fourth-order valence-corrected chi connectivity index (χ4v) is 1.30. The Kier molecular flexibility index (Phi) is 6.29. The number of ether oxygens (including phenoxy) is 1. The maximum atomic E-state index is 11.3. The monoisotopic (exact) mass is 311 g/mol. The zero-order valence-corrected chi connectivity index (χ0v) is 11.3. The second kappa shape index (κ2) is 8.19. The lowest BCUT2D eigenvalue weighted by molar-refractivity contribution is -0.384. The molecule has 0 aliphatic carbocycles. The van der Waals surface area contributed by atoms with Crippen LogP contribution in [0, 0.1) is 10.1 Å². The fourth-order valence-electron chi connectivity index (χ4n) is 1.30. The summed E-state index contributed by atoms with van der Waals surface area (Å²) in [7, 11) is 0. The SMILES string of the molecule is O=C(O)CNC(=O)CNC(=O)OCc1ccc([N+](=O)[O-])cc1. The maximum absolute atomic E-state index is 11.3. The number of benzene rings is 1. The van der Waals surface area contributed by atoms with Gasteiger partial charge in [-0.15, -0.1) is 0 Å². The van der Waals surface area contributed by atoms with Gasteiger partial charge in [-0.1, -0.05) is 0 Å². The molecular weight excluding hydrogens is 298 g/mol. The molecule has 10 nitrogen and oxygen atoms in total. The minimum Gasteiger partial charge on any atom is -0.480 e. The molecule has 0 spiro atoms. The average Bonchev–Trinajstić information content (AvgIpc) is 2.49. The van der Waals surface area contributed by atoms with Crippen LogP contribution in [0.2, 0.25) is 0 Å². The Morgan fingerprint density at radius 1 is 1.14 bits per heavy atom. The Bertz CT molecular complexity index is 571. The van der Waals surface area contributed by atoms with Crippen LogP contribution in [0.25, 0.3) is 0 Å². The molecule has 0 aromatic heterocycles. The van der Waals surface area contributed by atoms with Gasteiger partial charge in [-0.25, -0.2) is 4.79 Å². The van der Waals surface area contributed by atoms with E-state index in [0.29, 0.717) is 5.56 Å². The molecule has 0 aliphatic rings. The van der Waals surface area contributed by atoms with Gasteiger partial charge in [0, 0.05) is 12.1 Å². The molecule has 0 aliphatic heterocycles. The third-order valence-electron chi connectivity index (χ3n) is 2.35. The highest BCUT2D eigenvalue weighted by molar-refractivity contribution is 5.84. The van der Waals surface area contributed by atoms with Crippen molar-refractivity contribution in [1.82, 2.24) is 10.6 Å². The Balaban J connectivity index is 2.29. The van der Waals surface area contributed by atoms with E-state index in [0.717, 1.165) is 0 Å². The van der Waals surface area contributed by atoms with Gasteiger partial charge in [0.1, 0.15) is 19.7 Å². The molecule has 118 valence electrons. The number of nitrogens with one attached hydrogen (secondary N) is 2. The van der Waals surface area contributed by atoms with Crippen LogP contribution in [0.5, 0.6) is 0 Å². The van der Waals surface area contributed by atoms with Gasteiger partial charge in [-0.05, 0) is 17.7 Å². The normalized spacial score (nSPS) is 9.64. The van der Waals surface area contributed by atoms with Gasteiger partial charge in [0.05, 0.1) is 4.92 Å². The highest BCUT2D eigenvalue weighted by Crippen LogP contribution is 2.12. The van der Waals surface area contributed by atoms with Gasteiger partial charge in [0.25, 0.3) is 5.69 Å². The van der Waals surface area contributed by atoms with Gasteiger partial charge < -0.3 is 20.5 Å². The first-order valence-electron chi connectivity index (χ1n) is 6.01. The summed E-state index contributed by atoms with van der Waals surface area (Å²) in [6.45, 7) is -1.09. The van der Waals surface area contributed by atoms with E-state index in [1.165, 1.54) is 24.3 Å². The summed E-state index contributed by atoms with van der Waals surface area (Å²) in [5, 5.41) is 23.0. The second-order valence-corrected chi connectivity index (χ2v) is 4.02. The first kappa shape index (κ1) is 16.9. The van der Waals surface area contributed by atoms with Gasteiger partial charge in [-0.2, -0.15) is 0 Å². The van der Waals surface area contributed by atoms with Crippen molar-refractivity contribution in [2.75, 3.05) is 13.1 Å². The van der Waals surface area contributed by atoms with E-state index in [-0.39, 0.29) is 12.3 Å². The molecule has 0 radical (unpaired) electrons. The molecule has 1 aromatic carbocycles. The number of amides is 2. The lowest BCUT2D eigenvalue weighted by Gasteiger charge is -2.07. The van der Waals surface area contributed by atoms with Crippen molar-refractivity contribution in [3.05, 3.63) is 39.9 Å². The summed E-state index contributed by atoms with van der Waals surface area (Å²) in [6.07, 6.45) is -0.871. The van der Waals surface area contributed by atoms with Crippen LogP contribution in [-0.2, 0) is 20.9 Å². The number of non-ortho nitro benzene ring substituents is 1. The van der Waals surface area contributed by atoms with E-state index in [4.69, 9.17) is 9.84 Å². The quantitative estimate of drug-likeness (QED) is 0.475. The minimum atomic E-state index is -1.20. The molecule has 0 bridgehead atoms. The number of carbonyl (C=O) groups excluding carboxylic acids is 2. The third-order valence-corrected chi connectivity index (χ3v) is 2.35. The number of alkyl carbamates (subject to hydrolysis) is 1. The highest BCUT2D eigenvalue weighted by atomic mass is 16.6. The molecule has 1 aromatic rings. The van der Waals surface area contributed by atoms with Gasteiger partial charge >= 0.3 is 12.1 Å². The van der Waals surface area contributed by atoms with Crippen LogP contribution < -0.4 is 10.6 Å². The molecule has 0 saturated heterocycles. The van der Waals surface area contributed by atoms with Crippen LogP contribution in [0.15, 0.2) is 24.3 Å². The van der Waals surface area contributed by atoms with Crippen molar-refractivity contribution >= 4 is 23.7 Å². The standard InChI is InChI=1S/C12H13N3O7/c16-10(13-6-11(17)18)5-14-12(19)22-7-8-1-3-9(4-2-8)15(20)21/h1-4H,5-7H2,(H,13,16)(H,14,19)(H,17,18). The van der Waals surface area contributed by atoms with Crippen LogP contribution in [-0.4, -0.2) is 41.1 Å². The number of hydrogen-bond donors (Lipinski definition) is 3. The van der Waals surface area contributed by atoms with Crippen LogP contribution >= 0.6 is 0 Å². The van der Waals surface area contributed by atoms with E-state index >= 15 is 0 Å². The Hall–Kier alpha value is -3.17. The van der Waals surface area contributed by atoms with Crippen LogP contribution in [0.4, 0.5) is 10.5 Å². The predicted molar refractivity (Wildman–Crippen MR) is 71.9 cm³/mol. The number of carboxylic acids is 1. The number of hydrogen-bond acceptors (Lipinski definition) is 6. The van der Waals surface area contributed by atoms with E-state index < -0.39 is 36.0 Å². The fraction of sp³-hybridized carbons (Fsp3) is 0.250. The van der Waals surface area contributed by atoms with Gasteiger partial charge in [-0.3, -0.25) is 19.7 Å². The topological polar surface area (TPSA) is 148 Å². The number of nitro groups is 1. The van der Waals surface area contributed by atoms with E-state index in [1.54, 1.807) is 0 Å². The number of rotatable bonds is 7. The van der Waals surface area contributed by atoms with Crippen molar-refractivity contribution in [3.8, 4) is 0 Å². The predicted octanol–water partition coefficient (Wildman–Crippen LogP) is 0.0218. The Morgan fingerprint density at radius 3 is 2.32 bits per heavy atom.